The van der Waals surface area contributed by atoms with Crippen LogP contribution < -0.4 is 14.8 Å². The van der Waals surface area contributed by atoms with Crippen molar-refractivity contribution in [2.24, 2.45) is 5.92 Å². The number of methoxy groups -OCH3 is 2. The molecule has 0 aromatic heterocycles. The second-order valence-corrected chi connectivity index (χ2v) is 7.81. The van der Waals surface area contributed by atoms with Gasteiger partial charge in [-0.3, -0.25) is 9.59 Å². The van der Waals surface area contributed by atoms with E-state index in [9.17, 15) is 14.4 Å². The number of ether oxygens (including phenoxy) is 3. The van der Waals surface area contributed by atoms with Gasteiger partial charge in [-0.05, 0) is 42.7 Å². The Balaban J connectivity index is 1.42. The van der Waals surface area contributed by atoms with Crippen molar-refractivity contribution in [2.75, 3.05) is 33.9 Å². The largest absolute Gasteiger partial charge is 0.496 e. The minimum Gasteiger partial charge on any atom is -0.496 e. The van der Waals surface area contributed by atoms with E-state index in [0.29, 0.717) is 56.8 Å². The summed E-state index contributed by atoms with van der Waals surface area (Å²) in [6, 6.07) is 14.5. The van der Waals surface area contributed by atoms with Crippen LogP contribution in [0, 0.1) is 5.92 Å². The van der Waals surface area contributed by atoms with Crippen molar-refractivity contribution in [3.8, 4) is 11.5 Å². The molecule has 1 aliphatic heterocycles. The first kappa shape index (κ1) is 24.1. The standard InChI is InChI=1S/C25H30N2O6/c1-31-22-9-8-18(16-21(22)25(30)32-2)17-26-24(29)19-10-13-27(14-11-19)23(28)12-15-33-20-6-4-3-5-7-20/h3-9,16,19H,10-15,17H2,1-2H3,(H,26,29). The highest BCUT2D eigenvalue weighted by molar-refractivity contribution is 5.92. The van der Waals surface area contributed by atoms with Crippen molar-refractivity contribution < 1.29 is 28.6 Å². The third kappa shape index (κ3) is 6.71. The molecule has 1 N–H and O–H groups in total. The van der Waals surface area contributed by atoms with Gasteiger partial charge >= 0.3 is 5.97 Å². The number of benzene rings is 2. The predicted octanol–water partition coefficient (Wildman–Crippen LogP) is 2.81. The van der Waals surface area contributed by atoms with Gasteiger partial charge in [-0.25, -0.2) is 4.79 Å². The molecule has 1 heterocycles. The van der Waals surface area contributed by atoms with Crippen LogP contribution >= 0.6 is 0 Å². The van der Waals surface area contributed by atoms with E-state index >= 15 is 0 Å². The first-order valence-corrected chi connectivity index (χ1v) is 11.0. The van der Waals surface area contributed by atoms with Crippen LogP contribution in [0.5, 0.6) is 11.5 Å². The van der Waals surface area contributed by atoms with Gasteiger partial charge in [-0.2, -0.15) is 0 Å². The van der Waals surface area contributed by atoms with Crippen molar-refractivity contribution in [3.05, 3.63) is 59.7 Å². The number of carbonyl (C=O) groups excluding carboxylic acids is 3. The molecular weight excluding hydrogens is 424 g/mol. The number of likely N-dealkylation sites (tertiary alicyclic amines) is 1. The third-order valence-corrected chi connectivity index (χ3v) is 5.68. The molecule has 2 aromatic rings. The number of hydrogen-bond donors (Lipinski definition) is 1. The SMILES string of the molecule is COC(=O)c1cc(CNC(=O)C2CCN(C(=O)CCOc3ccccc3)CC2)ccc1OC. The van der Waals surface area contributed by atoms with E-state index in [2.05, 4.69) is 5.32 Å². The molecule has 8 heteroatoms. The number of nitrogens with zero attached hydrogens (tertiary/aromatic N) is 1. The van der Waals surface area contributed by atoms with Crippen molar-refractivity contribution in [1.29, 1.82) is 0 Å². The van der Waals surface area contributed by atoms with Gasteiger partial charge in [0.05, 0.1) is 27.2 Å². The number of rotatable bonds is 9. The van der Waals surface area contributed by atoms with Gasteiger partial charge in [0.2, 0.25) is 11.8 Å². The third-order valence-electron chi connectivity index (χ3n) is 5.68. The van der Waals surface area contributed by atoms with Crippen LogP contribution in [-0.2, 0) is 20.9 Å². The first-order chi connectivity index (χ1) is 16.0. The summed E-state index contributed by atoms with van der Waals surface area (Å²) in [5.74, 6) is 0.516. The number of hydrogen-bond acceptors (Lipinski definition) is 6. The number of piperidine rings is 1. The van der Waals surface area contributed by atoms with Crippen LogP contribution in [0.15, 0.2) is 48.5 Å². The lowest BCUT2D eigenvalue weighted by atomic mass is 9.95. The Kier molecular flexibility index (Phi) is 8.69. The Morgan fingerprint density at radius 2 is 1.76 bits per heavy atom. The molecule has 0 aliphatic carbocycles. The van der Waals surface area contributed by atoms with Crippen LogP contribution in [-0.4, -0.2) is 56.6 Å². The molecule has 1 fully saturated rings. The zero-order valence-electron chi connectivity index (χ0n) is 19.0. The first-order valence-electron chi connectivity index (χ1n) is 11.0. The number of esters is 1. The molecule has 2 amide bonds. The lowest BCUT2D eigenvalue weighted by molar-refractivity contribution is -0.136. The van der Waals surface area contributed by atoms with Gasteiger partial charge in [0.25, 0.3) is 0 Å². The summed E-state index contributed by atoms with van der Waals surface area (Å²) in [6.07, 6.45) is 1.55. The predicted molar refractivity (Wildman–Crippen MR) is 122 cm³/mol. The molecule has 8 nitrogen and oxygen atoms in total. The van der Waals surface area contributed by atoms with Gasteiger partial charge in [-0.1, -0.05) is 24.3 Å². The summed E-state index contributed by atoms with van der Waals surface area (Å²) in [4.78, 5) is 38.8. The summed E-state index contributed by atoms with van der Waals surface area (Å²) >= 11 is 0. The molecular formula is C25H30N2O6. The summed E-state index contributed by atoms with van der Waals surface area (Å²) in [6.45, 7) is 1.73. The van der Waals surface area contributed by atoms with Crippen LogP contribution in [0.1, 0.15) is 35.2 Å². The number of nitrogens with one attached hydrogen (secondary N) is 1. The van der Waals surface area contributed by atoms with E-state index in [1.165, 1.54) is 14.2 Å². The van der Waals surface area contributed by atoms with Crippen LogP contribution in [0.2, 0.25) is 0 Å². The van der Waals surface area contributed by atoms with Gasteiger partial charge in [-0.15, -0.1) is 0 Å². The summed E-state index contributed by atoms with van der Waals surface area (Å²) < 4.78 is 15.6. The Hall–Kier alpha value is -3.55. The maximum absolute atomic E-state index is 12.6. The maximum atomic E-state index is 12.6. The molecule has 0 atom stereocenters. The van der Waals surface area contributed by atoms with E-state index < -0.39 is 5.97 Å². The van der Waals surface area contributed by atoms with Crippen LogP contribution in [0.3, 0.4) is 0 Å². The smallest absolute Gasteiger partial charge is 0.341 e. The molecule has 33 heavy (non-hydrogen) atoms. The minimum absolute atomic E-state index is 0.0401. The normalized spacial score (nSPS) is 13.8. The van der Waals surface area contributed by atoms with Crippen LogP contribution in [0.4, 0.5) is 0 Å². The quantitative estimate of drug-likeness (QED) is 0.586. The van der Waals surface area contributed by atoms with Gasteiger partial charge in [0.1, 0.15) is 17.1 Å². The van der Waals surface area contributed by atoms with Crippen molar-refractivity contribution in [1.82, 2.24) is 10.2 Å². The number of amides is 2. The fraction of sp³-hybridized carbons (Fsp3) is 0.400. The van der Waals surface area contributed by atoms with Crippen LogP contribution in [0.25, 0.3) is 0 Å². The van der Waals surface area contributed by atoms with Crippen molar-refractivity contribution in [3.63, 3.8) is 0 Å². The highest BCUT2D eigenvalue weighted by Crippen LogP contribution is 2.22. The molecule has 1 aliphatic rings. The molecule has 0 bridgehead atoms. The van der Waals surface area contributed by atoms with Crippen molar-refractivity contribution in [2.45, 2.75) is 25.8 Å². The average Bonchev–Trinajstić information content (AvgIpc) is 2.87. The molecule has 0 spiro atoms. The second-order valence-electron chi connectivity index (χ2n) is 7.81. The number of carbonyl (C=O) groups is 3. The monoisotopic (exact) mass is 454 g/mol. The Morgan fingerprint density at radius 1 is 1.03 bits per heavy atom. The van der Waals surface area contributed by atoms with E-state index in [-0.39, 0.29) is 17.7 Å². The zero-order valence-corrected chi connectivity index (χ0v) is 19.0. The molecule has 0 saturated carbocycles. The topological polar surface area (TPSA) is 94.2 Å². The Labute approximate surface area is 193 Å². The second kappa shape index (κ2) is 11.9. The lowest BCUT2D eigenvalue weighted by Crippen LogP contribution is -2.43. The molecule has 176 valence electrons. The Morgan fingerprint density at radius 3 is 2.42 bits per heavy atom. The van der Waals surface area contributed by atoms with Gasteiger partial charge in [0, 0.05) is 25.6 Å². The summed E-state index contributed by atoms with van der Waals surface area (Å²) in [7, 11) is 2.79. The average molecular weight is 455 g/mol. The fourth-order valence-corrected chi connectivity index (χ4v) is 3.79. The minimum atomic E-state index is -0.494. The molecule has 0 unspecified atom stereocenters. The van der Waals surface area contributed by atoms with Gasteiger partial charge < -0.3 is 24.4 Å². The molecule has 1 saturated heterocycles. The summed E-state index contributed by atoms with van der Waals surface area (Å²) in [5.41, 5.74) is 1.09. The highest BCUT2D eigenvalue weighted by atomic mass is 16.5. The lowest BCUT2D eigenvalue weighted by Gasteiger charge is -2.31. The zero-order chi connectivity index (χ0) is 23.6. The molecule has 0 radical (unpaired) electrons. The van der Waals surface area contributed by atoms with E-state index in [4.69, 9.17) is 14.2 Å². The van der Waals surface area contributed by atoms with E-state index in [1.54, 1.807) is 23.1 Å². The maximum Gasteiger partial charge on any atom is 0.341 e. The number of para-hydroxylation sites is 1. The van der Waals surface area contributed by atoms with E-state index in [1.807, 2.05) is 30.3 Å². The van der Waals surface area contributed by atoms with Gasteiger partial charge in [0.15, 0.2) is 0 Å². The summed E-state index contributed by atoms with van der Waals surface area (Å²) in [5, 5.41) is 2.93. The molecule has 2 aromatic carbocycles. The fourth-order valence-electron chi connectivity index (χ4n) is 3.79. The molecule has 3 rings (SSSR count). The Bertz CT molecular complexity index is 955. The highest BCUT2D eigenvalue weighted by Gasteiger charge is 2.27. The van der Waals surface area contributed by atoms with E-state index in [0.717, 1.165) is 11.3 Å². The van der Waals surface area contributed by atoms with Crippen molar-refractivity contribution >= 4 is 17.8 Å².